The molecule has 1 aromatic rings. The molecular weight excluding hydrogens is 210 g/mol. The van der Waals surface area contributed by atoms with Gasteiger partial charge in [-0.15, -0.1) is 0 Å². The quantitative estimate of drug-likeness (QED) is 0.845. The van der Waals surface area contributed by atoms with Gasteiger partial charge in [0.15, 0.2) is 0 Å². The molecule has 1 fully saturated rings. The summed E-state index contributed by atoms with van der Waals surface area (Å²) < 4.78 is 0. The molecule has 1 N–H and O–H groups in total. The van der Waals surface area contributed by atoms with E-state index in [4.69, 9.17) is 0 Å². The fourth-order valence-corrected chi connectivity index (χ4v) is 2.28. The van der Waals surface area contributed by atoms with E-state index in [0.29, 0.717) is 0 Å². The number of hydrogen-bond acceptors (Lipinski definition) is 2. The van der Waals surface area contributed by atoms with Gasteiger partial charge in [0.25, 0.3) is 0 Å². The number of rotatable bonds is 5. The van der Waals surface area contributed by atoms with Crippen LogP contribution in [0.25, 0.3) is 0 Å². The third kappa shape index (κ3) is 3.08. The Balaban J connectivity index is 2.02. The van der Waals surface area contributed by atoms with Gasteiger partial charge in [-0.1, -0.05) is 25.1 Å². The van der Waals surface area contributed by atoms with E-state index in [9.17, 15) is 5.11 Å². The van der Waals surface area contributed by atoms with Crippen molar-refractivity contribution in [1.82, 2.24) is 4.90 Å². The van der Waals surface area contributed by atoms with Crippen LogP contribution >= 0.6 is 0 Å². The summed E-state index contributed by atoms with van der Waals surface area (Å²) in [4.78, 5) is 2.39. The smallest absolute Gasteiger partial charge is 0.0917 e. The molecule has 1 aromatic carbocycles. The number of aliphatic hydroxyl groups is 1. The number of aryl methyl sites for hydroxylation is 2. The van der Waals surface area contributed by atoms with E-state index in [1.165, 1.54) is 24.0 Å². The first kappa shape index (κ1) is 12.6. The van der Waals surface area contributed by atoms with Crippen molar-refractivity contribution in [3.63, 3.8) is 0 Å². The molecule has 0 saturated heterocycles. The molecule has 0 heterocycles. The van der Waals surface area contributed by atoms with Crippen LogP contribution in [-0.2, 0) is 0 Å². The van der Waals surface area contributed by atoms with Crippen LogP contribution in [0.3, 0.4) is 0 Å². The summed E-state index contributed by atoms with van der Waals surface area (Å²) in [6, 6.07) is 6.98. The summed E-state index contributed by atoms with van der Waals surface area (Å²) in [5, 5.41) is 10.3. The molecule has 1 aliphatic rings. The summed E-state index contributed by atoms with van der Waals surface area (Å²) in [5.41, 5.74) is 3.60. The minimum atomic E-state index is -0.352. The molecule has 0 spiro atoms. The maximum Gasteiger partial charge on any atom is 0.0917 e. The first-order valence-electron chi connectivity index (χ1n) is 6.61. The van der Waals surface area contributed by atoms with Gasteiger partial charge in [-0.2, -0.15) is 0 Å². The summed E-state index contributed by atoms with van der Waals surface area (Å²) in [7, 11) is 0. The topological polar surface area (TPSA) is 23.5 Å². The minimum Gasteiger partial charge on any atom is -0.387 e. The molecule has 0 radical (unpaired) electrons. The predicted molar refractivity (Wildman–Crippen MR) is 71.1 cm³/mol. The van der Waals surface area contributed by atoms with Gasteiger partial charge in [0, 0.05) is 12.6 Å². The van der Waals surface area contributed by atoms with E-state index in [1.807, 2.05) is 6.07 Å². The van der Waals surface area contributed by atoms with Crippen LogP contribution < -0.4 is 0 Å². The van der Waals surface area contributed by atoms with E-state index in [2.05, 4.69) is 37.8 Å². The van der Waals surface area contributed by atoms with Crippen molar-refractivity contribution in [1.29, 1.82) is 0 Å². The molecule has 1 unspecified atom stereocenters. The molecule has 2 rings (SSSR count). The molecule has 0 aliphatic heterocycles. The number of hydrogen-bond donors (Lipinski definition) is 1. The molecule has 2 heteroatoms. The second kappa shape index (κ2) is 5.19. The summed E-state index contributed by atoms with van der Waals surface area (Å²) in [6.07, 6.45) is 2.25. The van der Waals surface area contributed by atoms with Gasteiger partial charge in [0.1, 0.15) is 0 Å². The molecule has 17 heavy (non-hydrogen) atoms. The van der Waals surface area contributed by atoms with Crippen molar-refractivity contribution < 1.29 is 5.11 Å². The average Bonchev–Trinajstić information content (AvgIpc) is 3.13. The second-order valence-corrected chi connectivity index (χ2v) is 5.18. The number of aliphatic hydroxyl groups excluding tert-OH is 1. The maximum absolute atomic E-state index is 10.3. The van der Waals surface area contributed by atoms with Crippen molar-refractivity contribution in [2.45, 2.75) is 45.8 Å². The SMILES string of the molecule is CCN(CC(O)c1ccc(C)c(C)c1)C1CC1. The van der Waals surface area contributed by atoms with Crippen molar-refractivity contribution in [3.05, 3.63) is 34.9 Å². The van der Waals surface area contributed by atoms with Gasteiger partial charge >= 0.3 is 0 Å². The van der Waals surface area contributed by atoms with Gasteiger partial charge in [0.05, 0.1) is 6.10 Å². The largest absolute Gasteiger partial charge is 0.387 e. The van der Waals surface area contributed by atoms with Crippen LogP contribution in [0.1, 0.15) is 42.6 Å². The van der Waals surface area contributed by atoms with Crippen LogP contribution in [-0.4, -0.2) is 29.1 Å². The number of nitrogens with zero attached hydrogens (tertiary/aromatic N) is 1. The molecule has 2 nitrogen and oxygen atoms in total. The maximum atomic E-state index is 10.3. The van der Waals surface area contributed by atoms with Crippen LogP contribution in [0.5, 0.6) is 0 Å². The predicted octanol–water partition coefficient (Wildman–Crippen LogP) is 2.82. The van der Waals surface area contributed by atoms with Crippen LogP contribution in [0.2, 0.25) is 0 Å². The number of likely N-dealkylation sites (N-methyl/N-ethyl adjacent to an activating group) is 1. The van der Waals surface area contributed by atoms with Crippen molar-refractivity contribution in [3.8, 4) is 0 Å². The highest BCUT2D eigenvalue weighted by molar-refractivity contribution is 5.31. The normalized spacial score (nSPS) is 17.5. The summed E-state index contributed by atoms with van der Waals surface area (Å²) >= 11 is 0. The Kier molecular flexibility index (Phi) is 3.85. The van der Waals surface area contributed by atoms with Crippen LogP contribution in [0.4, 0.5) is 0 Å². The Hall–Kier alpha value is -0.860. The Morgan fingerprint density at radius 2 is 2.00 bits per heavy atom. The van der Waals surface area contributed by atoms with Gasteiger partial charge in [-0.05, 0) is 49.9 Å². The molecule has 0 bridgehead atoms. The molecule has 94 valence electrons. The van der Waals surface area contributed by atoms with Crippen LogP contribution in [0, 0.1) is 13.8 Å². The van der Waals surface area contributed by atoms with E-state index in [0.717, 1.165) is 24.7 Å². The number of benzene rings is 1. The fraction of sp³-hybridized carbons (Fsp3) is 0.600. The standard InChI is InChI=1S/C15H23NO/c1-4-16(14-7-8-14)10-15(17)13-6-5-11(2)12(3)9-13/h5-6,9,14-15,17H,4,7-8,10H2,1-3H3. The molecule has 0 aromatic heterocycles. The van der Waals surface area contributed by atoms with E-state index in [1.54, 1.807) is 0 Å². The fourth-order valence-electron chi connectivity index (χ4n) is 2.28. The summed E-state index contributed by atoms with van der Waals surface area (Å²) in [6.45, 7) is 8.18. The molecular formula is C15H23NO. The highest BCUT2D eigenvalue weighted by Gasteiger charge is 2.29. The zero-order chi connectivity index (χ0) is 12.4. The Bertz CT molecular complexity index is 385. The lowest BCUT2D eigenvalue weighted by Gasteiger charge is -2.23. The molecule has 1 aliphatic carbocycles. The Morgan fingerprint density at radius 3 is 2.53 bits per heavy atom. The van der Waals surface area contributed by atoms with Crippen molar-refractivity contribution in [2.24, 2.45) is 0 Å². The Labute approximate surface area is 104 Å². The minimum absolute atomic E-state index is 0.352. The molecule has 1 atom stereocenters. The first-order valence-corrected chi connectivity index (χ1v) is 6.61. The molecule has 0 amide bonds. The van der Waals surface area contributed by atoms with Gasteiger partial charge in [-0.25, -0.2) is 0 Å². The van der Waals surface area contributed by atoms with E-state index < -0.39 is 0 Å². The zero-order valence-electron chi connectivity index (χ0n) is 11.1. The monoisotopic (exact) mass is 233 g/mol. The highest BCUT2D eigenvalue weighted by Crippen LogP contribution is 2.28. The third-order valence-electron chi connectivity index (χ3n) is 3.79. The van der Waals surface area contributed by atoms with Crippen molar-refractivity contribution in [2.75, 3.05) is 13.1 Å². The van der Waals surface area contributed by atoms with Gasteiger partial charge in [0.2, 0.25) is 0 Å². The average molecular weight is 233 g/mol. The lowest BCUT2D eigenvalue weighted by Crippen LogP contribution is -2.30. The van der Waals surface area contributed by atoms with E-state index >= 15 is 0 Å². The first-order chi connectivity index (χ1) is 8.11. The zero-order valence-corrected chi connectivity index (χ0v) is 11.1. The lowest BCUT2D eigenvalue weighted by atomic mass is 10.0. The second-order valence-electron chi connectivity index (χ2n) is 5.18. The van der Waals surface area contributed by atoms with Gasteiger partial charge < -0.3 is 5.11 Å². The summed E-state index contributed by atoms with van der Waals surface area (Å²) in [5.74, 6) is 0. The van der Waals surface area contributed by atoms with E-state index in [-0.39, 0.29) is 6.10 Å². The Morgan fingerprint density at radius 1 is 1.29 bits per heavy atom. The molecule has 1 saturated carbocycles. The highest BCUT2D eigenvalue weighted by atomic mass is 16.3. The van der Waals surface area contributed by atoms with Crippen LogP contribution in [0.15, 0.2) is 18.2 Å². The van der Waals surface area contributed by atoms with Gasteiger partial charge in [-0.3, -0.25) is 4.90 Å². The van der Waals surface area contributed by atoms with Crippen molar-refractivity contribution >= 4 is 0 Å². The third-order valence-corrected chi connectivity index (χ3v) is 3.79. The lowest BCUT2D eigenvalue weighted by molar-refractivity contribution is 0.112.